The Morgan fingerprint density at radius 1 is 1.32 bits per heavy atom. The van der Waals surface area contributed by atoms with Gasteiger partial charge < -0.3 is 14.7 Å². The number of carboxylic acids is 1. The molecule has 0 radical (unpaired) electrons. The van der Waals surface area contributed by atoms with Gasteiger partial charge in [0.05, 0.1) is 11.5 Å². The SMILES string of the molecule is O=C(O)c1ccc(C(=O)N2CC[C@@]3(CCOC3)C2)s1. The Hall–Kier alpha value is -1.40. The van der Waals surface area contributed by atoms with Crippen LogP contribution in [0.5, 0.6) is 0 Å². The lowest BCUT2D eigenvalue weighted by Crippen LogP contribution is -2.32. The molecule has 1 atom stereocenters. The van der Waals surface area contributed by atoms with Crippen molar-refractivity contribution in [1.82, 2.24) is 4.90 Å². The number of carbonyl (C=O) groups excluding carboxylic acids is 1. The third-order valence-electron chi connectivity index (χ3n) is 3.94. The maximum Gasteiger partial charge on any atom is 0.345 e. The van der Waals surface area contributed by atoms with Crippen molar-refractivity contribution in [3.8, 4) is 0 Å². The van der Waals surface area contributed by atoms with Gasteiger partial charge in [-0.05, 0) is 25.0 Å². The summed E-state index contributed by atoms with van der Waals surface area (Å²) < 4.78 is 5.44. The zero-order valence-electron chi connectivity index (χ0n) is 10.4. The summed E-state index contributed by atoms with van der Waals surface area (Å²) in [5.41, 5.74) is 0.141. The summed E-state index contributed by atoms with van der Waals surface area (Å²) in [7, 11) is 0. The van der Waals surface area contributed by atoms with Crippen molar-refractivity contribution in [3.05, 3.63) is 21.9 Å². The fourth-order valence-corrected chi connectivity index (χ4v) is 3.62. The molecule has 5 nitrogen and oxygen atoms in total. The van der Waals surface area contributed by atoms with Gasteiger partial charge in [0, 0.05) is 25.1 Å². The summed E-state index contributed by atoms with van der Waals surface area (Å²) in [5, 5.41) is 8.88. The number of nitrogens with zero attached hydrogens (tertiary/aromatic N) is 1. The summed E-state index contributed by atoms with van der Waals surface area (Å²) in [6.07, 6.45) is 2.00. The molecule has 1 spiro atoms. The van der Waals surface area contributed by atoms with Gasteiger partial charge in [-0.25, -0.2) is 4.79 Å². The van der Waals surface area contributed by atoms with Crippen LogP contribution in [-0.2, 0) is 4.74 Å². The smallest absolute Gasteiger partial charge is 0.345 e. The van der Waals surface area contributed by atoms with Gasteiger partial charge in [0.15, 0.2) is 0 Å². The highest BCUT2D eigenvalue weighted by molar-refractivity contribution is 7.15. The lowest BCUT2D eigenvalue weighted by Gasteiger charge is -2.21. The number of likely N-dealkylation sites (tertiary alicyclic amines) is 1. The molecule has 2 aliphatic rings. The molecule has 0 aromatic carbocycles. The molecule has 0 bridgehead atoms. The second kappa shape index (κ2) is 4.61. The number of hydrogen-bond donors (Lipinski definition) is 1. The summed E-state index contributed by atoms with van der Waals surface area (Å²) >= 11 is 1.04. The third-order valence-corrected chi connectivity index (χ3v) is 5.00. The maximum absolute atomic E-state index is 12.3. The summed E-state index contributed by atoms with van der Waals surface area (Å²) in [6.45, 7) is 2.99. The van der Waals surface area contributed by atoms with E-state index in [1.165, 1.54) is 6.07 Å². The minimum Gasteiger partial charge on any atom is -0.477 e. The Morgan fingerprint density at radius 3 is 2.74 bits per heavy atom. The fourth-order valence-electron chi connectivity index (χ4n) is 2.80. The topological polar surface area (TPSA) is 66.8 Å². The van der Waals surface area contributed by atoms with Gasteiger partial charge >= 0.3 is 5.97 Å². The average Bonchev–Trinajstić information content (AvgIpc) is 3.11. The van der Waals surface area contributed by atoms with E-state index in [0.29, 0.717) is 4.88 Å². The van der Waals surface area contributed by atoms with E-state index in [1.54, 1.807) is 6.07 Å². The Labute approximate surface area is 114 Å². The minimum absolute atomic E-state index is 0.0544. The quantitative estimate of drug-likeness (QED) is 0.896. The number of thiophene rings is 1. The van der Waals surface area contributed by atoms with Crippen LogP contribution < -0.4 is 0 Å². The van der Waals surface area contributed by atoms with E-state index in [2.05, 4.69) is 0 Å². The fraction of sp³-hybridized carbons (Fsp3) is 0.538. The maximum atomic E-state index is 12.3. The number of carboxylic acid groups (broad SMARTS) is 1. The molecule has 0 unspecified atom stereocenters. The molecule has 6 heteroatoms. The molecule has 2 saturated heterocycles. The number of ether oxygens (including phenoxy) is 1. The predicted molar refractivity (Wildman–Crippen MR) is 69.7 cm³/mol. The summed E-state index contributed by atoms with van der Waals surface area (Å²) in [4.78, 5) is 25.7. The van der Waals surface area contributed by atoms with E-state index in [1.807, 2.05) is 4.90 Å². The van der Waals surface area contributed by atoms with Crippen molar-refractivity contribution in [1.29, 1.82) is 0 Å². The second-order valence-corrected chi connectivity index (χ2v) is 6.33. The molecule has 2 aliphatic heterocycles. The van der Waals surface area contributed by atoms with E-state index in [-0.39, 0.29) is 16.2 Å². The Balaban J connectivity index is 1.72. The Bertz CT molecular complexity index is 518. The Morgan fingerprint density at radius 2 is 2.11 bits per heavy atom. The molecule has 3 heterocycles. The van der Waals surface area contributed by atoms with Crippen molar-refractivity contribution >= 4 is 23.2 Å². The van der Waals surface area contributed by atoms with Crippen LogP contribution in [0.1, 0.15) is 32.2 Å². The first kappa shape index (κ1) is 12.6. The van der Waals surface area contributed by atoms with Crippen LogP contribution in [-0.4, -0.2) is 48.2 Å². The van der Waals surface area contributed by atoms with E-state index in [9.17, 15) is 9.59 Å². The van der Waals surface area contributed by atoms with Crippen molar-refractivity contribution in [3.63, 3.8) is 0 Å². The first-order chi connectivity index (χ1) is 9.10. The highest BCUT2D eigenvalue weighted by Crippen LogP contribution is 2.38. The number of carbonyl (C=O) groups is 2. The molecule has 0 aliphatic carbocycles. The highest BCUT2D eigenvalue weighted by atomic mass is 32.1. The lowest BCUT2D eigenvalue weighted by molar-refractivity contribution is 0.0701. The lowest BCUT2D eigenvalue weighted by atomic mass is 9.87. The van der Waals surface area contributed by atoms with Gasteiger partial charge in [-0.15, -0.1) is 11.3 Å². The zero-order valence-corrected chi connectivity index (χ0v) is 11.2. The highest BCUT2D eigenvalue weighted by Gasteiger charge is 2.43. The molecule has 19 heavy (non-hydrogen) atoms. The average molecular weight is 281 g/mol. The van der Waals surface area contributed by atoms with Crippen molar-refractivity contribution in [2.24, 2.45) is 5.41 Å². The molecular formula is C13H15NO4S. The molecule has 2 fully saturated rings. The van der Waals surface area contributed by atoms with Crippen LogP contribution in [0.2, 0.25) is 0 Å². The van der Waals surface area contributed by atoms with E-state index in [4.69, 9.17) is 9.84 Å². The minimum atomic E-state index is -0.980. The molecule has 1 aromatic heterocycles. The monoisotopic (exact) mass is 281 g/mol. The van der Waals surface area contributed by atoms with Crippen molar-refractivity contribution in [2.75, 3.05) is 26.3 Å². The van der Waals surface area contributed by atoms with Gasteiger partial charge in [0.25, 0.3) is 5.91 Å². The third kappa shape index (κ3) is 2.26. The van der Waals surface area contributed by atoms with Crippen LogP contribution in [0.4, 0.5) is 0 Å². The van der Waals surface area contributed by atoms with Crippen molar-refractivity contribution in [2.45, 2.75) is 12.8 Å². The molecule has 0 saturated carbocycles. The largest absolute Gasteiger partial charge is 0.477 e. The Kier molecular flexibility index (Phi) is 3.06. The van der Waals surface area contributed by atoms with Crippen LogP contribution in [0.25, 0.3) is 0 Å². The van der Waals surface area contributed by atoms with Gasteiger partial charge in [-0.1, -0.05) is 0 Å². The molecule has 1 aromatic rings. The van der Waals surface area contributed by atoms with E-state index < -0.39 is 5.97 Å². The number of rotatable bonds is 2. The van der Waals surface area contributed by atoms with Gasteiger partial charge in [0.2, 0.25) is 0 Å². The molecule has 102 valence electrons. The molecule has 3 rings (SSSR count). The van der Waals surface area contributed by atoms with Crippen molar-refractivity contribution < 1.29 is 19.4 Å². The van der Waals surface area contributed by atoms with E-state index in [0.717, 1.165) is 50.5 Å². The van der Waals surface area contributed by atoms with Gasteiger partial charge in [0.1, 0.15) is 4.88 Å². The first-order valence-electron chi connectivity index (χ1n) is 6.30. The number of amides is 1. The molecular weight excluding hydrogens is 266 g/mol. The second-order valence-electron chi connectivity index (χ2n) is 5.25. The molecule has 1 amide bonds. The standard InChI is InChI=1S/C13H15NO4S/c15-11(9-1-2-10(19-9)12(16)17)14-5-3-13(7-14)4-6-18-8-13/h1-2H,3-8H2,(H,16,17)/t13-/m1/s1. The zero-order chi connectivity index (χ0) is 13.5. The normalized spacial score (nSPS) is 26.2. The van der Waals surface area contributed by atoms with Gasteiger partial charge in [-0.3, -0.25) is 4.79 Å². The first-order valence-corrected chi connectivity index (χ1v) is 7.11. The van der Waals surface area contributed by atoms with Gasteiger partial charge in [-0.2, -0.15) is 0 Å². The predicted octanol–water partition coefficient (Wildman–Crippen LogP) is 1.70. The summed E-state index contributed by atoms with van der Waals surface area (Å²) in [6, 6.07) is 3.09. The number of aromatic carboxylic acids is 1. The van der Waals surface area contributed by atoms with Crippen LogP contribution in [0, 0.1) is 5.41 Å². The van der Waals surface area contributed by atoms with E-state index >= 15 is 0 Å². The summed E-state index contributed by atoms with van der Waals surface area (Å²) in [5.74, 6) is -1.03. The molecule has 1 N–H and O–H groups in total. The van der Waals surface area contributed by atoms with Crippen LogP contribution in [0.15, 0.2) is 12.1 Å². The van der Waals surface area contributed by atoms with Crippen LogP contribution >= 0.6 is 11.3 Å². The number of hydrogen-bond acceptors (Lipinski definition) is 4. The van der Waals surface area contributed by atoms with Crippen LogP contribution in [0.3, 0.4) is 0 Å².